The Morgan fingerprint density at radius 1 is 1.11 bits per heavy atom. The van der Waals surface area contributed by atoms with E-state index in [1.54, 1.807) is 6.21 Å². The van der Waals surface area contributed by atoms with Crippen molar-refractivity contribution in [3.63, 3.8) is 0 Å². The van der Waals surface area contributed by atoms with E-state index in [4.69, 9.17) is 4.74 Å². The van der Waals surface area contributed by atoms with E-state index >= 15 is 0 Å². The molecule has 0 aromatic heterocycles. The molecule has 5 nitrogen and oxygen atoms in total. The van der Waals surface area contributed by atoms with Crippen molar-refractivity contribution in [3.8, 4) is 5.75 Å². The van der Waals surface area contributed by atoms with Gasteiger partial charge in [-0.25, -0.2) is 5.43 Å². The third kappa shape index (κ3) is 6.22. The van der Waals surface area contributed by atoms with E-state index < -0.39 is 5.60 Å². The van der Waals surface area contributed by atoms with Gasteiger partial charge in [-0.1, -0.05) is 61.7 Å². The summed E-state index contributed by atoms with van der Waals surface area (Å²) < 4.78 is 5.79. The number of hydrazone groups is 1. The van der Waals surface area contributed by atoms with E-state index in [0.29, 0.717) is 19.4 Å². The van der Waals surface area contributed by atoms with E-state index in [0.717, 1.165) is 36.1 Å². The molecule has 1 aliphatic rings. The third-order valence-corrected chi connectivity index (χ3v) is 4.78. The van der Waals surface area contributed by atoms with Crippen LogP contribution in [0.1, 0.15) is 49.7 Å². The van der Waals surface area contributed by atoms with Gasteiger partial charge in [-0.05, 0) is 36.1 Å². The first kappa shape index (κ1) is 19.1. The molecule has 1 amide bonds. The molecule has 2 N–H and O–H groups in total. The monoisotopic (exact) mass is 366 g/mol. The average Bonchev–Trinajstić information content (AvgIpc) is 2.68. The van der Waals surface area contributed by atoms with Gasteiger partial charge >= 0.3 is 0 Å². The van der Waals surface area contributed by atoms with Crippen LogP contribution in [0.15, 0.2) is 59.7 Å². The lowest BCUT2D eigenvalue weighted by molar-refractivity contribution is -0.127. The van der Waals surface area contributed by atoms with Gasteiger partial charge in [0.15, 0.2) is 0 Å². The molecule has 0 spiro atoms. The van der Waals surface area contributed by atoms with Crippen molar-refractivity contribution >= 4 is 12.1 Å². The van der Waals surface area contributed by atoms with E-state index in [2.05, 4.69) is 10.5 Å². The number of nitrogens with zero attached hydrogens (tertiary/aromatic N) is 1. The molecule has 27 heavy (non-hydrogen) atoms. The van der Waals surface area contributed by atoms with Crippen molar-refractivity contribution in [2.75, 3.05) is 0 Å². The molecular weight excluding hydrogens is 340 g/mol. The fourth-order valence-electron chi connectivity index (χ4n) is 3.33. The van der Waals surface area contributed by atoms with Gasteiger partial charge in [0, 0.05) is 0 Å². The summed E-state index contributed by atoms with van der Waals surface area (Å²) in [7, 11) is 0. The lowest BCUT2D eigenvalue weighted by atomic mass is 9.82. The van der Waals surface area contributed by atoms with Crippen LogP contribution in [0.25, 0.3) is 0 Å². The minimum absolute atomic E-state index is 0.102. The summed E-state index contributed by atoms with van der Waals surface area (Å²) in [6.07, 6.45) is 6.13. The summed E-state index contributed by atoms with van der Waals surface area (Å²) >= 11 is 0. The van der Waals surface area contributed by atoms with Crippen molar-refractivity contribution in [2.45, 2.75) is 50.7 Å². The molecule has 1 aliphatic carbocycles. The number of carbonyl (C=O) groups is 1. The van der Waals surface area contributed by atoms with Crippen LogP contribution >= 0.6 is 0 Å². The topological polar surface area (TPSA) is 70.9 Å². The van der Waals surface area contributed by atoms with Crippen molar-refractivity contribution < 1.29 is 14.6 Å². The lowest BCUT2D eigenvalue weighted by Crippen LogP contribution is -2.37. The number of rotatable bonds is 7. The van der Waals surface area contributed by atoms with Crippen molar-refractivity contribution in [3.05, 3.63) is 65.7 Å². The van der Waals surface area contributed by atoms with Gasteiger partial charge in [0.05, 0.1) is 18.2 Å². The van der Waals surface area contributed by atoms with Crippen molar-refractivity contribution in [1.82, 2.24) is 5.43 Å². The number of hydrogen-bond donors (Lipinski definition) is 2. The van der Waals surface area contributed by atoms with E-state index in [9.17, 15) is 9.90 Å². The Morgan fingerprint density at radius 2 is 1.89 bits per heavy atom. The van der Waals surface area contributed by atoms with Gasteiger partial charge in [-0.2, -0.15) is 5.10 Å². The van der Waals surface area contributed by atoms with Gasteiger partial charge in [0.1, 0.15) is 12.4 Å². The highest BCUT2D eigenvalue weighted by Gasteiger charge is 2.31. The standard InChI is InChI=1S/C22H26N2O3/c25-21(15-22(26)12-5-2-6-13-22)24-23-16-19-10-7-11-20(14-19)27-17-18-8-3-1-4-9-18/h1,3-4,7-11,14,16,26H,2,5-6,12-13,15,17H2,(H,24,25)/b23-16+. The van der Waals surface area contributed by atoms with E-state index in [1.807, 2.05) is 54.6 Å². The zero-order valence-electron chi connectivity index (χ0n) is 15.4. The molecule has 3 rings (SSSR count). The highest BCUT2D eigenvalue weighted by molar-refractivity contribution is 5.83. The molecular formula is C22H26N2O3. The van der Waals surface area contributed by atoms with Crippen molar-refractivity contribution in [1.29, 1.82) is 0 Å². The van der Waals surface area contributed by atoms with Gasteiger partial charge in [0.2, 0.25) is 5.91 Å². The maximum atomic E-state index is 12.0. The van der Waals surface area contributed by atoms with Gasteiger partial charge in [0.25, 0.3) is 0 Å². The van der Waals surface area contributed by atoms with Gasteiger partial charge < -0.3 is 9.84 Å². The summed E-state index contributed by atoms with van der Waals surface area (Å²) in [5.74, 6) is 0.484. The van der Waals surface area contributed by atoms with E-state index in [-0.39, 0.29) is 12.3 Å². The molecule has 1 saturated carbocycles. The van der Waals surface area contributed by atoms with Crippen molar-refractivity contribution in [2.24, 2.45) is 5.10 Å². The number of nitrogens with one attached hydrogen (secondary N) is 1. The first-order chi connectivity index (χ1) is 13.1. The molecule has 0 heterocycles. The Bertz CT molecular complexity index is 768. The minimum atomic E-state index is -0.872. The molecule has 5 heteroatoms. The number of amides is 1. The molecule has 0 unspecified atom stereocenters. The lowest BCUT2D eigenvalue weighted by Gasteiger charge is -2.31. The van der Waals surface area contributed by atoms with Crippen LogP contribution in [-0.2, 0) is 11.4 Å². The Hall–Kier alpha value is -2.66. The molecule has 1 fully saturated rings. The highest BCUT2D eigenvalue weighted by Crippen LogP contribution is 2.30. The molecule has 2 aromatic carbocycles. The first-order valence-corrected chi connectivity index (χ1v) is 9.44. The number of carbonyl (C=O) groups excluding carboxylic acids is 1. The summed E-state index contributed by atoms with van der Waals surface area (Å²) in [5, 5.41) is 14.4. The second-order valence-corrected chi connectivity index (χ2v) is 7.10. The normalized spacial score (nSPS) is 16.2. The smallest absolute Gasteiger partial charge is 0.242 e. The van der Waals surface area contributed by atoms with Crippen LogP contribution in [0, 0.1) is 0 Å². The maximum absolute atomic E-state index is 12.0. The summed E-state index contributed by atoms with van der Waals surface area (Å²) in [6, 6.07) is 17.5. The Kier molecular flexibility index (Phi) is 6.60. The number of ether oxygens (including phenoxy) is 1. The fourth-order valence-corrected chi connectivity index (χ4v) is 3.33. The average molecular weight is 366 g/mol. The van der Waals surface area contributed by atoms with Gasteiger partial charge in [-0.3, -0.25) is 4.79 Å². The predicted molar refractivity (Wildman–Crippen MR) is 106 cm³/mol. The number of benzene rings is 2. The molecule has 0 bridgehead atoms. The molecule has 142 valence electrons. The van der Waals surface area contributed by atoms with Crippen LogP contribution in [0.2, 0.25) is 0 Å². The van der Waals surface area contributed by atoms with Crippen LogP contribution in [0.3, 0.4) is 0 Å². The highest BCUT2D eigenvalue weighted by atomic mass is 16.5. The molecule has 2 aromatic rings. The van der Waals surface area contributed by atoms with Crippen LogP contribution < -0.4 is 10.2 Å². The largest absolute Gasteiger partial charge is 0.489 e. The number of aliphatic hydroxyl groups is 1. The summed E-state index contributed by atoms with van der Waals surface area (Å²) in [5.41, 5.74) is 3.57. The quantitative estimate of drug-likeness (QED) is 0.578. The summed E-state index contributed by atoms with van der Waals surface area (Å²) in [6.45, 7) is 0.497. The van der Waals surface area contributed by atoms with Crippen LogP contribution in [-0.4, -0.2) is 22.8 Å². The van der Waals surface area contributed by atoms with Crippen LogP contribution in [0.4, 0.5) is 0 Å². The molecule has 0 radical (unpaired) electrons. The minimum Gasteiger partial charge on any atom is -0.489 e. The molecule has 0 saturated heterocycles. The van der Waals surface area contributed by atoms with E-state index in [1.165, 1.54) is 0 Å². The van der Waals surface area contributed by atoms with Gasteiger partial charge in [-0.15, -0.1) is 0 Å². The molecule has 0 atom stereocenters. The third-order valence-electron chi connectivity index (χ3n) is 4.78. The first-order valence-electron chi connectivity index (χ1n) is 9.44. The second kappa shape index (κ2) is 9.33. The number of hydrogen-bond acceptors (Lipinski definition) is 4. The summed E-state index contributed by atoms with van der Waals surface area (Å²) in [4.78, 5) is 12.0. The zero-order chi connectivity index (χ0) is 19.0. The Labute approximate surface area is 160 Å². The molecule has 0 aliphatic heterocycles. The second-order valence-electron chi connectivity index (χ2n) is 7.10. The zero-order valence-corrected chi connectivity index (χ0v) is 15.4. The Morgan fingerprint density at radius 3 is 2.67 bits per heavy atom. The SMILES string of the molecule is O=C(CC1(O)CCCCC1)N/N=C/c1cccc(OCc2ccccc2)c1. The maximum Gasteiger partial charge on any atom is 0.242 e. The Balaban J connectivity index is 1.49. The van der Waals surface area contributed by atoms with Crippen LogP contribution in [0.5, 0.6) is 5.75 Å². The fraction of sp³-hybridized carbons (Fsp3) is 0.364. The predicted octanol–water partition coefficient (Wildman–Crippen LogP) is 3.80.